The molecule has 0 spiro atoms. The first-order valence-corrected chi connectivity index (χ1v) is 22.4. The summed E-state index contributed by atoms with van der Waals surface area (Å²) in [7, 11) is 12.5. The normalized spacial score (nSPS) is 10.6. The van der Waals surface area contributed by atoms with Gasteiger partial charge in [-0.1, -0.05) is 62.2 Å². The van der Waals surface area contributed by atoms with Crippen molar-refractivity contribution in [2.24, 2.45) is 0 Å². The van der Waals surface area contributed by atoms with Gasteiger partial charge in [-0.2, -0.15) is 12.1 Å². The van der Waals surface area contributed by atoms with E-state index in [2.05, 4.69) is 124 Å². The van der Waals surface area contributed by atoms with Gasteiger partial charge in [0.1, 0.15) is 0 Å². The molecule has 0 unspecified atom stereocenters. The predicted octanol–water partition coefficient (Wildman–Crippen LogP) is 11.9. The van der Waals surface area contributed by atoms with E-state index in [0.717, 1.165) is 27.2 Å². The van der Waals surface area contributed by atoms with E-state index in [9.17, 15) is 0 Å². The van der Waals surface area contributed by atoms with E-state index in [1.807, 2.05) is 36.4 Å². The summed E-state index contributed by atoms with van der Waals surface area (Å²) in [6.45, 7) is 6.56. The van der Waals surface area contributed by atoms with Gasteiger partial charge in [0.05, 0.1) is 0 Å². The van der Waals surface area contributed by atoms with Crippen LogP contribution in [0.2, 0.25) is 0 Å². The third-order valence-electron chi connectivity index (χ3n) is 7.86. The van der Waals surface area contributed by atoms with Crippen LogP contribution < -0.4 is 0 Å². The van der Waals surface area contributed by atoms with Crippen LogP contribution in [0.25, 0.3) is 32.3 Å². The van der Waals surface area contributed by atoms with Crippen LogP contribution in [0.4, 0.5) is 0 Å². The van der Waals surface area contributed by atoms with Crippen LogP contribution in [0.1, 0.15) is 41.7 Å². The average molecular weight is 679 g/mol. The zero-order valence-electron chi connectivity index (χ0n) is 24.9. The fraction of sp³-hybridized carbons (Fsp3) is 0.125. The molecule has 0 heterocycles. The predicted molar refractivity (Wildman–Crippen MR) is 188 cm³/mol. The van der Waals surface area contributed by atoms with Crippen LogP contribution >= 0.6 is 17.0 Å². The maximum absolute atomic E-state index is 6.24. The number of fused-ring (bicyclic) bond motifs is 4. The van der Waals surface area contributed by atoms with Crippen molar-refractivity contribution in [3.8, 4) is 0 Å². The molecule has 7 aromatic carbocycles. The van der Waals surface area contributed by atoms with Crippen LogP contribution in [-0.2, 0) is 31.7 Å². The molecule has 0 aliphatic heterocycles. The Morgan fingerprint density at radius 2 is 1.16 bits per heavy atom. The molecule has 0 fully saturated rings. The van der Waals surface area contributed by atoms with E-state index in [0.29, 0.717) is 0 Å². The quantitative estimate of drug-likeness (QED) is 0.163. The Labute approximate surface area is 270 Å². The molecule has 7 aromatic rings. The van der Waals surface area contributed by atoms with Crippen molar-refractivity contribution < 1.29 is 18.9 Å². The minimum atomic E-state index is -2.44. The van der Waals surface area contributed by atoms with Crippen LogP contribution in [-0.4, -0.2) is 3.21 Å². The van der Waals surface area contributed by atoms with E-state index >= 15 is 0 Å². The van der Waals surface area contributed by atoms with Gasteiger partial charge >= 0.3 is 111 Å². The Morgan fingerprint density at radius 3 is 1.63 bits per heavy atom. The topological polar surface area (TPSA) is 0 Å². The molecular weight excluding hydrogens is 643 g/mol. The summed E-state index contributed by atoms with van der Waals surface area (Å²) in [5.41, 5.74) is 6.50. The van der Waals surface area contributed by atoms with E-state index in [1.54, 1.807) is 0 Å². The van der Waals surface area contributed by atoms with Gasteiger partial charge in [0.2, 0.25) is 0 Å². The van der Waals surface area contributed by atoms with Crippen LogP contribution in [0.5, 0.6) is 0 Å². The van der Waals surface area contributed by atoms with E-state index in [4.69, 9.17) is 17.0 Å². The van der Waals surface area contributed by atoms with Crippen LogP contribution in [0.15, 0.2) is 140 Å². The van der Waals surface area contributed by atoms with Crippen LogP contribution in [0.3, 0.4) is 0 Å². The van der Waals surface area contributed by atoms with Crippen molar-refractivity contribution >= 4 is 52.5 Å². The van der Waals surface area contributed by atoms with Gasteiger partial charge in [-0.25, -0.2) is 0 Å². The van der Waals surface area contributed by atoms with Gasteiger partial charge in [-0.15, -0.1) is 74.3 Å². The second kappa shape index (κ2) is 15.1. The third kappa shape index (κ3) is 7.71. The van der Waals surface area contributed by atoms with Gasteiger partial charge in [0, 0.05) is 0 Å². The maximum atomic E-state index is 6.24. The first kappa shape index (κ1) is 31.3. The summed E-state index contributed by atoms with van der Waals surface area (Å²) in [4.78, 5) is 0. The molecule has 0 saturated carbocycles. The summed E-state index contributed by atoms with van der Waals surface area (Å²) in [6.07, 6.45) is 2.22. The summed E-state index contributed by atoms with van der Waals surface area (Å²) >= 11 is -2.44. The molecule has 0 aliphatic carbocycles. The van der Waals surface area contributed by atoms with Gasteiger partial charge in [-0.3, -0.25) is 0 Å². The molecule has 3 heteroatoms. The first-order valence-electron chi connectivity index (χ1n) is 14.9. The zero-order chi connectivity index (χ0) is 30.2. The van der Waals surface area contributed by atoms with E-state index in [1.165, 1.54) is 49.0 Å². The summed E-state index contributed by atoms with van der Waals surface area (Å²) in [6, 6.07) is 49.1. The van der Waals surface area contributed by atoms with Crippen molar-refractivity contribution in [3.05, 3.63) is 167 Å². The molecule has 0 aromatic heterocycles. The molecule has 0 bridgehead atoms. The molecular formula is C40H36Cl2Zr-2. The minimum absolute atomic E-state index is 1.11. The monoisotopic (exact) mass is 676 g/mol. The standard InChI is InChI=1S/C17H17.C13H10.C10H9.2ClH.Zr/c1-3-12-5-7-16-14(9-12)11-15-10-13(4-2)6-8-17(15)16;1-3-7-12(8-4-1)11-13-9-5-2-6-10-13;1-8-4-2-5-9-6-3-7-10(8)9;;;/h5-11H,3-4H2,1-2H3;1-10H;2-7H,1H3;2*1H;/q-1;;-1;;;+2/p-2. The van der Waals surface area contributed by atoms with E-state index < -0.39 is 18.9 Å². The second-order valence-corrected chi connectivity index (χ2v) is 18.8. The molecule has 0 nitrogen and oxygen atoms in total. The SMILES string of the molecule is CCc1ccc2c(c1)[cH-]c1cc(CC)ccc12.Cc1cccc2cc[cH-]c12.[Cl][Zr]([Cl])=[C](c1ccccc1)c1ccccc1. The molecule has 43 heavy (non-hydrogen) atoms. The van der Waals surface area contributed by atoms with Crippen LogP contribution in [0, 0.1) is 6.92 Å². The molecule has 216 valence electrons. The Hall–Kier alpha value is -3.09. The number of rotatable bonds is 4. The van der Waals surface area contributed by atoms with Gasteiger partial charge in [-0.05, 0) is 12.8 Å². The Morgan fingerprint density at radius 1 is 0.628 bits per heavy atom. The van der Waals surface area contributed by atoms with Gasteiger partial charge < -0.3 is 0 Å². The number of benzene rings is 5. The van der Waals surface area contributed by atoms with Crippen molar-refractivity contribution in [2.75, 3.05) is 0 Å². The third-order valence-corrected chi connectivity index (χ3v) is 12.4. The molecule has 0 N–H and O–H groups in total. The zero-order valence-corrected chi connectivity index (χ0v) is 28.9. The summed E-state index contributed by atoms with van der Waals surface area (Å²) in [5, 5.41) is 8.27. The number of aryl methyl sites for hydroxylation is 3. The Balaban J connectivity index is 0.000000133. The van der Waals surface area contributed by atoms with Gasteiger partial charge in [0.15, 0.2) is 0 Å². The molecule has 7 rings (SSSR count). The Bertz CT molecular complexity index is 1860. The fourth-order valence-electron chi connectivity index (χ4n) is 5.48. The fourth-order valence-corrected chi connectivity index (χ4v) is 9.95. The molecule has 0 radical (unpaired) electrons. The second-order valence-electron chi connectivity index (χ2n) is 10.7. The van der Waals surface area contributed by atoms with Crippen molar-refractivity contribution in [1.82, 2.24) is 0 Å². The number of hydrogen-bond donors (Lipinski definition) is 0. The first-order chi connectivity index (χ1) is 21.0. The van der Waals surface area contributed by atoms with E-state index in [-0.39, 0.29) is 0 Å². The van der Waals surface area contributed by atoms with Crippen molar-refractivity contribution in [2.45, 2.75) is 33.6 Å². The molecule has 0 saturated heterocycles. The summed E-state index contributed by atoms with van der Waals surface area (Å²) in [5.74, 6) is 0. The number of halogens is 2. The van der Waals surface area contributed by atoms with Crippen molar-refractivity contribution in [3.63, 3.8) is 0 Å². The summed E-state index contributed by atoms with van der Waals surface area (Å²) < 4.78 is 1.15. The van der Waals surface area contributed by atoms with Gasteiger partial charge in [0.25, 0.3) is 0 Å². The average Bonchev–Trinajstić information content (AvgIpc) is 3.67. The molecule has 0 amide bonds. The Kier molecular flexibility index (Phi) is 11.0. The van der Waals surface area contributed by atoms with Crippen molar-refractivity contribution in [1.29, 1.82) is 0 Å². The number of hydrogen-bond acceptors (Lipinski definition) is 0. The molecule has 0 atom stereocenters. The molecule has 0 aliphatic rings.